The summed E-state index contributed by atoms with van der Waals surface area (Å²) in [5.41, 5.74) is 0.646. The molecule has 0 amide bonds. The summed E-state index contributed by atoms with van der Waals surface area (Å²) in [4.78, 5) is 10.7. The Kier molecular flexibility index (Phi) is 3.66. The Bertz CT molecular complexity index is 334. The maximum atomic E-state index is 10.9. The number of phenols is 1. The highest BCUT2D eigenvalue weighted by molar-refractivity contribution is 5.27. The van der Waals surface area contributed by atoms with Gasteiger partial charge in [-0.25, -0.2) is 0 Å². The third kappa shape index (κ3) is 2.68. The molecule has 1 aromatic rings. The third-order valence-electron chi connectivity index (χ3n) is 2.64. The third-order valence-corrected chi connectivity index (χ3v) is 2.64. The minimum Gasteiger partial charge on any atom is -0.508 e. The first-order chi connectivity index (χ1) is 7.06. The Labute approximate surface area is 88.7 Å². The molecule has 0 aliphatic carbocycles. The average molecular weight is 209 g/mol. The van der Waals surface area contributed by atoms with Gasteiger partial charge in [0.05, 0.1) is 0 Å². The first-order valence-corrected chi connectivity index (χ1v) is 4.98. The SMILES string of the molecule is CCC(C)C(c1ccc(O)cc1)[N+](=O)[O-]. The van der Waals surface area contributed by atoms with Crippen LogP contribution in [0, 0.1) is 16.0 Å². The summed E-state index contributed by atoms with van der Waals surface area (Å²) in [5, 5.41) is 20.0. The molecule has 1 rings (SSSR count). The van der Waals surface area contributed by atoms with Crippen LogP contribution in [0.4, 0.5) is 0 Å². The molecule has 0 spiro atoms. The van der Waals surface area contributed by atoms with Crippen molar-refractivity contribution in [2.24, 2.45) is 5.92 Å². The van der Waals surface area contributed by atoms with E-state index in [4.69, 9.17) is 5.11 Å². The Morgan fingerprint density at radius 2 is 1.93 bits per heavy atom. The number of hydrogen-bond donors (Lipinski definition) is 1. The number of benzene rings is 1. The molecule has 0 bridgehead atoms. The lowest BCUT2D eigenvalue weighted by molar-refractivity contribution is -0.538. The minimum atomic E-state index is -0.685. The van der Waals surface area contributed by atoms with E-state index in [1.807, 2.05) is 13.8 Å². The first-order valence-electron chi connectivity index (χ1n) is 4.98. The van der Waals surface area contributed by atoms with Crippen LogP contribution in [0.3, 0.4) is 0 Å². The van der Waals surface area contributed by atoms with Crippen LogP contribution in [0.15, 0.2) is 24.3 Å². The quantitative estimate of drug-likeness (QED) is 0.612. The lowest BCUT2D eigenvalue weighted by atomic mass is 9.93. The van der Waals surface area contributed by atoms with Crippen LogP contribution >= 0.6 is 0 Å². The van der Waals surface area contributed by atoms with Crippen LogP contribution in [0.1, 0.15) is 31.9 Å². The Balaban J connectivity index is 2.99. The predicted molar refractivity (Wildman–Crippen MR) is 57.3 cm³/mol. The van der Waals surface area contributed by atoms with Crippen molar-refractivity contribution in [1.29, 1.82) is 0 Å². The van der Waals surface area contributed by atoms with E-state index in [-0.39, 0.29) is 16.6 Å². The monoisotopic (exact) mass is 209 g/mol. The molecule has 0 fully saturated rings. The largest absolute Gasteiger partial charge is 0.508 e. The van der Waals surface area contributed by atoms with Gasteiger partial charge in [-0.3, -0.25) is 10.1 Å². The second-order valence-electron chi connectivity index (χ2n) is 3.71. The van der Waals surface area contributed by atoms with Crippen molar-refractivity contribution in [3.05, 3.63) is 39.9 Å². The van der Waals surface area contributed by atoms with Crippen molar-refractivity contribution >= 4 is 0 Å². The van der Waals surface area contributed by atoms with Crippen molar-refractivity contribution in [2.45, 2.75) is 26.3 Å². The maximum Gasteiger partial charge on any atom is 0.240 e. The molecule has 2 unspecified atom stereocenters. The van der Waals surface area contributed by atoms with Crippen molar-refractivity contribution in [3.8, 4) is 5.75 Å². The number of phenolic OH excluding ortho intramolecular Hbond substituents is 1. The van der Waals surface area contributed by atoms with Crippen LogP contribution in [0.25, 0.3) is 0 Å². The molecule has 0 radical (unpaired) electrons. The molecular formula is C11H15NO3. The molecule has 0 aromatic heterocycles. The van der Waals surface area contributed by atoms with Gasteiger partial charge in [-0.15, -0.1) is 0 Å². The van der Waals surface area contributed by atoms with Gasteiger partial charge < -0.3 is 5.11 Å². The summed E-state index contributed by atoms with van der Waals surface area (Å²) in [7, 11) is 0. The van der Waals surface area contributed by atoms with Crippen LogP contribution in [0.5, 0.6) is 5.75 Å². The fourth-order valence-electron chi connectivity index (χ4n) is 1.55. The van der Waals surface area contributed by atoms with Gasteiger partial charge in [0.1, 0.15) is 5.75 Å². The fourth-order valence-corrected chi connectivity index (χ4v) is 1.55. The summed E-state index contributed by atoms with van der Waals surface area (Å²) in [6.45, 7) is 3.79. The molecule has 1 aromatic carbocycles. The van der Waals surface area contributed by atoms with E-state index in [1.165, 1.54) is 12.1 Å². The van der Waals surface area contributed by atoms with Gasteiger partial charge in [0.25, 0.3) is 0 Å². The van der Waals surface area contributed by atoms with Gasteiger partial charge in [-0.05, 0) is 30.7 Å². The van der Waals surface area contributed by atoms with Crippen molar-refractivity contribution in [3.63, 3.8) is 0 Å². The number of nitro groups is 1. The smallest absolute Gasteiger partial charge is 0.240 e. The van der Waals surface area contributed by atoms with E-state index in [0.29, 0.717) is 5.56 Å². The fraction of sp³-hybridized carbons (Fsp3) is 0.455. The van der Waals surface area contributed by atoms with Crippen molar-refractivity contribution in [1.82, 2.24) is 0 Å². The highest BCUT2D eigenvalue weighted by atomic mass is 16.6. The zero-order valence-corrected chi connectivity index (χ0v) is 8.88. The molecule has 82 valence electrons. The Hall–Kier alpha value is -1.58. The van der Waals surface area contributed by atoms with Gasteiger partial charge in [-0.1, -0.05) is 13.8 Å². The van der Waals surface area contributed by atoms with E-state index >= 15 is 0 Å². The van der Waals surface area contributed by atoms with Crippen LogP contribution < -0.4 is 0 Å². The van der Waals surface area contributed by atoms with E-state index in [2.05, 4.69) is 0 Å². The molecule has 0 saturated carbocycles. The van der Waals surface area contributed by atoms with Gasteiger partial charge in [-0.2, -0.15) is 0 Å². The summed E-state index contributed by atoms with van der Waals surface area (Å²) in [6, 6.07) is 5.49. The standard InChI is InChI=1S/C11H15NO3/c1-3-8(2)11(12(14)15)9-4-6-10(13)7-5-9/h4-8,11,13H,3H2,1-2H3. The van der Waals surface area contributed by atoms with E-state index in [0.717, 1.165) is 6.42 Å². The molecule has 0 aliphatic heterocycles. The lowest BCUT2D eigenvalue weighted by Gasteiger charge is -2.15. The molecule has 4 nitrogen and oxygen atoms in total. The van der Waals surface area contributed by atoms with Crippen molar-refractivity contribution < 1.29 is 10.0 Å². The highest BCUT2D eigenvalue weighted by Crippen LogP contribution is 2.28. The summed E-state index contributed by atoms with van der Waals surface area (Å²) in [6.07, 6.45) is 0.756. The maximum absolute atomic E-state index is 10.9. The predicted octanol–water partition coefficient (Wildman–Crippen LogP) is 2.76. The molecule has 4 heteroatoms. The number of hydrogen-bond acceptors (Lipinski definition) is 3. The second-order valence-corrected chi connectivity index (χ2v) is 3.71. The van der Waals surface area contributed by atoms with Gasteiger partial charge in [0.2, 0.25) is 6.04 Å². The highest BCUT2D eigenvalue weighted by Gasteiger charge is 2.28. The van der Waals surface area contributed by atoms with Gasteiger partial charge >= 0.3 is 0 Å². The van der Waals surface area contributed by atoms with Gasteiger partial charge in [0.15, 0.2) is 0 Å². The van der Waals surface area contributed by atoms with E-state index in [9.17, 15) is 10.1 Å². The molecule has 15 heavy (non-hydrogen) atoms. The summed E-state index contributed by atoms with van der Waals surface area (Å²) < 4.78 is 0. The number of nitrogens with zero attached hydrogens (tertiary/aromatic N) is 1. The molecule has 2 atom stereocenters. The van der Waals surface area contributed by atoms with E-state index in [1.54, 1.807) is 12.1 Å². The minimum absolute atomic E-state index is 0.00968. The topological polar surface area (TPSA) is 63.4 Å². The van der Waals surface area contributed by atoms with Gasteiger partial charge in [0, 0.05) is 16.4 Å². The Morgan fingerprint density at radius 1 is 1.40 bits per heavy atom. The van der Waals surface area contributed by atoms with Crippen molar-refractivity contribution in [2.75, 3.05) is 0 Å². The normalized spacial score (nSPS) is 14.5. The zero-order valence-electron chi connectivity index (χ0n) is 8.88. The molecule has 0 aliphatic rings. The average Bonchev–Trinajstić information content (AvgIpc) is 2.20. The van der Waals surface area contributed by atoms with Crippen LogP contribution in [-0.4, -0.2) is 10.0 Å². The molecule has 1 N–H and O–H groups in total. The molecular weight excluding hydrogens is 194 g/mol. The summed E-state index contributed by atoms with van der Waals surface area (Å²) in [5.74, 6) is 0.120. The number of rotatable bonds is 4. The van der Waals surface area contributed by atoms with E-state index < -0.39 is 6.04 Å². The number of aromatic hydroxyl groups is 1. The first kappa shape index (κ1) is 11.5. The molecule has 0 saturated heterocycles. The van der Waals surface area contributed by atoms with Crippen LogP contribution in [0.2, 0.25) is 0 Å². The second kappa shape index (κ2) is 4.77. The summed E-state index contributed by atoms with van der Waals surface area (Å²) >= 11 is 0. The van der Waals surface area contributed by atoms with Crippen LogP contribution in [-0.2, 0) is 0 Å². The Morgan fingerprint density at radius 3 is 2.33 bits per heavy atom. The molecule has 0 heterocycles. The lowest BCUT2D eigenvalue weighted by Crippen LogP contribution is -2.18. The zero-order chi connectivity index (χ0) is 11.4.